The number of anilines is 1. The molecule has 1 heterocycles. The summed E-state index contributed by atoms with van der Waals surface area (Å²) in [5.74, 6) is -0.117. The standard InChI is InChI=1S/C23H25BrClN3O6/c1-23(2,3)34-22(30)27-10-8-16(9-11-27)33-20-7-4-14(25)12-17(20)21(29)26-19-6-5-15(28(31)32)13-18(19)24/h4-7,12-13,16H,8-11H2,1-3H3,(H,26,29). The largest absolute Gasteiger partial charge is 0.489 e. The van der Waals surface area contributed by atoms with E-state index in [4.69, 9.17) is 21.1 Å². The number of benzene rings is 2. The van der Waals surface area contributed by atoms with Crippen LogP contribution in [0.1, 0.15) is 44.0 Å². The maximum atomic E-state index is 13.0. The van der Waals surface area contributed by atoms with Crippen molar-refractivity contribution in [2.75, 3.05) is 18.4 Å². The zero-order chi connectivity index (χ0) is 25.0. The van der Waals surface area contributed by atoms with Gasteiger partial charge in [-0.15, -0.1) is 0 Å². The Bertz CT molecular complexity index is 1100. The van der Waals surface area contributed by atoms with Crippen molar-refractivity contribution >= 4 is 50.9 Å². The summed E-state index contributed by atoms with van der Waals surface area (Å²) in [5.41, 5.74) is -0.0665. The summed E-state index contributed by atoms with van der Waals surface area (Å²) in [7, 11) is 0. The van der Waals surface area contributed by atoms with Gasteiger partial charge in [0, 0.05) is 47.6 Å². The van der Waals surface area contributed by atoms with Crippen LogP contribution < -0.4 is 10.1 Å². The number of carbonyl (C=O) groups is 2. The zero-order valence-corrected chi connectivity index (χ0v) is 21.3. The number of amides is 2. The smallest absolute Gasteiger partial charge is 0.410 e. The third kappa shape index (κ3) is 6.83. The number of nitrogens with zero attached hydrogens (tertiary/aromatic N) is 2. The SMILES string of the molecule is CC(C)(C)OC(=O)N1CCC(Oc2ccc(Cl)cc2C(=O)Nc2ccc([N+](=O)[O-])cc2Br)CC1. The van der Waals surface area contributed by atoms with E-state index in [-0.39, 0.29) is 23.4 Å². The first kappa shape index (κ1) is 25.8. The second-order valence-electron chi connectivity index (χ2n) is 8.80. The van der Waals surface area contributed by atoms with Gasteiger partial charge in [0.05, 0.1) is 16.2 Å². The Hall–Kier alpha value is -2.85. The Morgan fingerprint density at radius 3 is 2.44 bits per heavy atom. The molecule has 0 atom stereocenters. The molecule has 11 heteroatoms. The molecule has 3 rings (SSSR count). The summed E-state index contributed by atoms with van der Waals surface area (Å²) in [6.45, 7) is 6.42. The van der Waals surface area contributed by atoms with Crippen molar-refractivity contribution in [3.05, 3.63) is 61.6 Å². The highest BCUT2D eigenvalue weighted by Crippen LogP contribution is 2.30. The number of hydrogen-bond acceptors (Lipinski definition) is 6. The number of nitrogens with one attached hydrogen (secondary N) is 1. The summed E-state index contributed by atoms with van der Waals surface area (Å²) >= 11 is 9.37. The van der Waals surface area contributed by atoms with Crippen molar-refractivity contribution < 1.29 is 24.0 Å². The third-order valence-electron chi connectivity index (χ3n) is 4.99. The maximum Gasteiger partial charge on any atom is 0.410 e. The fraction of sp³-hybridized carbons (Fsp3) is 0.391. The molecule has 2 aromatic rings. The molecule has 0 aromatic heterocycles. The summed E-state index contributed by atoms with van der Waals surface area (Å²) in [5, 5.41) is 14.0. The minimum absolute atomic E-state index is 0.102. The molecule has 0 aliphatic carbocycles. The van der Waals surface area contributed by atoms with E-state index in [1.165, 1.54) is 24.3 Å². The van der Waals surface area contributed by atoms with Crippen molar-refractivity contribution in [1.29, 1.82) is 0 Å². The molecule has 0 radical (unpaired) electrons. The minimum Gasteiger partial charge on any atom is -0.489 e. The molecule has 182 valence electrons. The summed E-state index contributed by atoms with van der Waals surface area (Å²) < 4.78 is 11.9. The van der Waals surface area contributed by atoms with Gasteiger partial charge in [-0.25, -0.2) is 4.79 Å². The highest BCUT2D eigenvalue weighted by Gasteiger charge is 2.28. The molecule has 0 bridgehead atoms. The van der Waals surface area contributed by atoms with Gasteiger partial charge in [-0.3, -0.25) is 14.9 Å². The first-order valence-electron chi connectivity index (χ1n) is 10.6. The number of ether oxygens (including phenoxy) is 2. The number of hydrogen-bond donors (Lipinski definition) is 1. The van der Waals surface area contributed by atoms with Crippen LogP contribution >= 0.6 is 27.5 Å². The van der Waals surface area contributed by atoms with E-state index in [0.29, 0.717) is 46.9 Å². The Labute approximate surface area is 210 Å². The zero-order valence-electron chi connectivity index (χ0n) is 19.0. The number of piperidine rings is 1. The van der Waals surface area contributed by atoms with Crippen molar-refractivity contribution in [2.45, 2.75) is 45.3 Å². The Kier molecular flexibility index (Phi) is 8.04. The molecular weight excluding hydrogens is 530 g/mol. The van der Waals surface area contributed by atoms with Crippen molar-refractivity contribution in [3.8, 4) is 5.75 Å². The predicted molar refractivity (Wildman–Crippen MR) is 132 cm³/mol. The van der Waals surface area contributed by atoms with E-state index < -0.39 is 16.4 Å². The number of rotatable bonds is 5. The number of likely N-dealkylation sites (tertiary alicyclic amines) is 1. The van der Waals surface area contributed by atoms with Gasteiger partial charge in [-0.1, -0.05) is 11.6 Å². The molecule has 0 spiro atoms. The Morgan fingerprint density at radius 2 is 1.85 bits per heavy atom. The van der Waals surface area contributed by atoms with Crippen LogP contribution in [0, 0.1) is 10.1 Å². The highest BCUT2D eigenvalue weighted by molar-refractivity contribution is 9.10. The maximum absolute atomic E-state index is 13.0. The van der Waals surface area contributed by atoms with Crippen LogP contribution in [-0.4, -0.2) is 46.6 Å². The fourth-order valence-electron chi connectivity index (χ4n) is 3.35. The topological polar surface area (TPSA) is 111 Å². The molecule has 2 amide bonds. The molecule has 9 nitrogen and oxygen atoms in total. The number of halogens is 2. The third-order valence-corrected chi connectivity index (χ3v) is 5.88. The van der Waals surface area contributed by atoms with Gasteiger partial charge >= 0.3 is 6.09 Å². The van der Waals surface area contributed by atoms with E-state index >= 15 is 0 Å². The first-order chi connectivity index (χ1) is 15.9. The Morgan fingerprint density at radius 1 is 1.18 bits per heavy atom. The Balaban J connectivity index is 1.68. The van der Waals surface area contributed by atoms with Crippen molar-refractivity contribution in [3.63, 3.8) is 0 Å². The van der Waals surface area contributed by atoms with Crippen molar-refractivity contribution in [1.82, 2.24) is 4.90 Å². The lowest BCUT2D eigenvalue weighted by Gasteiger charge is -2.33. The van der Waals surface area contributed by atoms with E-state index in [2.05, 4.69) is 21.2 Å². The average molecular weight is 555 g/mol. The molecule has 1 aliphatic rings. The normalized spacial score (nSPS) is 14.4. The monoisotopic (exact) mass is 553 g/mol. The van der Waals surface area contributed by atoms with Crippen molar-refractivity contribution in [2.24, 2.45) is 0 Å². The number of nitro benzene ring substituents is 1. The molecule has 1 N–H and O–H groups in total. The van der Waals surface area contributed by atoms with Crippen LogP contribution in [0.4, 0.5) is 16.2 Å². The molecule has 0 unspecified atom stereocenters. The van der Waals surface area contributed by atoms with Gasteiger partial charge in [0.25, 0.3) is 11.6 Å². The van der Waals surface area contributed by atoms with Gasteiger partial charge < -0.3 is 19.7 Å². The van der Waals surface area contributed by atoms with Crippen LogP contribution in [0.25, 0.3) is 0 Å². The number of nitro groups is 1. The molecular formula is C23H25BrClN3O6. The summed E-state index contributed by atoms with van der Waals surface area (Å²) in [4.78, 5) is 37.3. The lowest BCUT2D eigenvalue weighted by atomic mass is 10.1. The number of non-ortho nitro benzene ring substituents is 1. The summed E-state index contributed by atoms with van der Waals surface area (Å²) in [6.07, 6.45) is 0.608. The number of carbonyl (C=O) groups excluding carboxylic acids is 2. The fourth-order valence-corrected chi connectivity index (χ4v) is 3.99. The molecule has 1 aliphatic heterocycles. The van der Waals surface area contributed by atoms with Crippen LogP contribution in [0.5, 0.6) is 5.75 Å². The molecule has 2 aromatic carbocycles. The second kappa shape index (κ2) is 10.6. The van der Waals surface area contributed by atoms with Gasteiger partial charge in [0.1, 0.15) is 17.5 Å². The van der Waals surface area contributed by atoms with Crippen LogP contribution in [0.2, 0.25) is 5.02 Å². The average Bonchev–Trinajstić information content (AvgIpc) is 2.75. The van der Waals surface area contributed by atoms with E-state index in [1.54, 1.807) is 17.0 Å². The van der Waals surface area contributed by atoms with E-state index in [0.717, 1.165) is 0 Å². The van der Waals surface area contributed by atoms with E-state index in [1.807, 2.05) is 20.8 Å². The van der Waals surface area contributed by atoms with Gasteiger partial charge in [-0.2, -0.15) is 0 Å². The lowest BCUT2D eigenvalue weighted by Crippen LogP contribution is -2.44. The predicted octanol–water partition coefficient (Wildman–Crippen LogP) is 6.04. The van der Waals surface area contributed by atoms with Gasteiger partial charge in [-0.05, 0) is 61.0 Å². The van der Waals surface area contributed by atoms with Crippen LogP contribution in [0.3, 0.4) is 0 Å². The molecule has 0 saturated carbocycles. The minimum atomic E-state index is -0.561. The van der Waals surface area contributed by atoms with Gasteiger partial charge in [0.2, 0.25) is 0 Å². The quantitative estimate of drug-likeness (QED) is 0.356. The second-order valence-corrected chi connectivity index (χ2v) is 10.1. The molecule has 1 fully saturated rings. The lowest BCUT2D eigenvalue weighted by molar-refractivity contribution is -0.384. The van der Waals surface area contributed by atoms with Crippen LogP contribution in [0.15, 0.2) is 40.9 Å². The highest BCUT2D eigenvalue weighted by atomic mass is 79.9. The van der Waals surface area contributed by atoms with Gasteiger partial charge in [0.15, 0.2) is 0 Å². The molecule has 34 heavy (non-hydrogen) atoms. The van der Waals surface area contributed by atoms with Crippen LogP contribution in [-0.2, 0) is 4.74 Å². The summed E-state index contributed by atoms with van der Waals surface area (Å²) in [6, 6.07) is 8.81. The molecule has 1 saturated heterocycles. The van der Waals surface area contributed by atoms with E-state index in [9.17, 15) is 19.7 Å². The first-order valence-corrected chi connectivity index (χ1v) is 11.8.